The Morgan fingerprint density at radius 1 is 0.519 bits per heavy atom. The minimum absolute atomic E-state index is 1.15. The summed E-state index contributed by atoms with van der Waals surface area (Å²) in [6, 6.07) is 40.3. The summed E-state index contributed by atoms with van der Waals surface area (Å²) < 4.78 is 4.69. The highest BCUT2D eigenvalue weighted by molar-refractivity contribution is 5.79. The molecule has 5 aromatic rings. The zero-order valence-corrected chi connectivity index (χ0v) is 14.9. The van der Waals surface area contributed by atoms with Crippen molar-refractivity contribution in [1.29, 1.82) is 0 Å². The molecule has 27 heavy (non-hydrogen) atoms. The number of benzene rings is 4. The van der Waals surface area contributed by atoms with E-state index in [-0.39, 0.29) is 0 Å². The van der Waals surface area contributed by atoms with Crippen LogP contribution in [0.2, 0.25) is 0 Å². The first-order chi connectivity index (χ1) is 13.4. The van der Waals surface area contributed by atoms with Gasteiger partial charge in [-0.05, 0) is 48.5 Å². The summed E-state index contributed by atoms with van der Waals surface area (Å²) in [6.07, 6.45) is 0. The summed E-state index contributed by atoms with van der Waals surface area (Å²) in [5.41, 5.74) is 5.86. The maximum Gasteiger partial charge on any atom is 0.300 e. The smallest absolute Gasteiger partial charge is 0.188 e. The Bertz CT molecular complexity index is 1110. The Kier molecular flexibility index (Phi) is 3.80. The number of fused-ring (bicyclic) bond motifs is 1. The lowest BCUT2D eigenvalue weighted by atomic mass is 10.2. The number of rotatable bonds is 3. The SMILES string of the molecule is c1ccc(-c2n(-c3ccccc3)c3ccccc3[n+]2-c2ccccc2)cc1. The lowest BCUT2D eigenvalue weighted by Crippen LogP contribution is -2.32. The Hall–Kier alpha value is -3.65. The maximum absolute atomic E-state index is 2.34. The van der Waals surface area contributed by atoms with Gasteiger partial charge in [0.1, 0.15) is 11.4 Å². The molecule has 0 aliphatic heterocycles. The van der Waals surface area contributed by atoms with Gasteiger partial charge in [0.2, 0.25) is 0 Å². The summed E-state index contributed by atoms with van der Waals surface area (Å²) in [4.78, 5) is 0. The van der Waals surface area contributed by atoms with Crippen molar-refractivity contribution >= 4 is 11.0 Å². The number of imidazole rings is 1. The van der Waals surface area contributed by atoms with Crippen LogP contribution in [0.1, 0.15) is 0 Å². The third kappa shape index (κ3) is 2.63. The fraction of sp³-hybridized carbons (Fsp3) is 0. The average Bonchev–Trinajstić information content (AvgIpc) is 3.11. The highest BCUT2D eigenvalue weighted by atomic mass is 15.2. The molecule has 1 heterocycles. The standard InChI is InChI=1S/C25H19N2/c1-4-12-20(13-5-1)25-26(21-14-6-2-7-15-21)23-18-10-11-19-24(23)27(25)22-16-8-3-9-17-22/h1-19H/q+1. The zero-order chi connectivity index (χ0) is 18.1. The predicted octanol–water partition coefficient (Wildman–Crippen LogP) is 5.57. The molecule has 0 saturated carbocycles. The number of nitrogens with zero attached hydrogens (tertiary/aromatic N) is 2. The fourth-order valence-electron chi connectivity index (χ4n) is 3.69. The summed E-state index contributed by atoms with van der Waals surface area (Å²) in [7, 11) is 0. The molecule has 0 fully saturated rings. The lowest BCUT2D eigenvalue weighted by Gasteiger charge is -2.05. The van der Waals surface area contributed by atoms with Gasteiger partial charge < -0.3 is 0 Å². The van der Waals surface area contributed by atoms with E-state index in [1.54, 1.807) is 0 Å². The largest absolute Gasteiger partial charge is 0.300 e. The molecule has 0 amide bonds. The van der Waals surface area contributed by atoms with Crippen LogP contribution in [-0.2, 0) is 0 Å². The van der Waals surface area contributed by atoms with Gasteiger partial charge in [-0.25, -0.2) is 0 Å². The minimum Gasteiger partial charge on any atom is -0.188 e. The van der Waals surface area contributed by atoms with E-state index in [0.717, 1.165) is 17.2 Å². The summed E-state index contributed by atoms with van der Waals surface area (Å²) >= 11 is 0. The van der Waals surface area contributed by atoms with Crippen molar-refractivity contribution < 1.29 is 4.57 Å². The van der Waals surface area contributed by atoms with Crippen molar-refractivity contribution in [2.24, 2.45) is 0 Å². The van der Waals surface area contributed by atoms with Gasteiger partial charge in [0.15, 0.2) is 11.0 Å². The fourth-order valence-corrected chi connectivity index (χ4v) is 3.69. The molecule has 0 radical (unpaired) electrons. The van der Waals surface area contributed by atoms with Crippen molar-refractivity contribution in [2.75, 3.05) is 0 Å². The molecule has 0 bridgehead atoms. The Morgan fingerprint density at radius 2 is 1.07 bits per heavy atom. The first-order valence-corrected chi connectivity index (χ1v) is 9.15. The predicted molar refractivity (Wildman–Crippen MR) is 110 cm³/mol. The van der Waals surface area contributed by atoms with Crippen LogP contribution in [-0.4, -0.2) is 4.57 Å². The lowest BCUT2D eigenvalue weighted by molar-refractivity contribution is -0.555. The van der Waals surface area contributed by atoms with Gasteiger partial charge in [-0.15, -0.1) is 0 Å². The molecule has 2 heteroatoms. The van der Waals surface area contributed by atoms with E-state index in [4.69, 9.17) is 0 Å². The van der Waals surface area contributed by atoms with Gasteiger partial charge >= 0.3 is 0 Å². The van der Waals surface area contributed by atoms with Gasteiger partial charge in [-0.1, -0.05) is 66.7 Å². The normalized spacial score (nSPS) is 11.0. The van der Waals surface area contributed by atoms with Crippen LogP contribution < -0.4 is 4.57 Å². The molecule has 4 aromatic carbocycles. The quantitative estimate of drug-likeness (QED) is 0.377. The molecule has 1 aromatic heterocycles. The molecule has 0 aliphatic rings. The zero-order valence-electron chi connectivity index (χ0n) is 14.9. The molecule has 0 unspecified atom stereocenters. The van der Waals surface area contributed by atoms with Crippen LogP contribution in [0.25, 0.3) is 33.8 Å². The number of aromatic nitrogens is 2. The van der Waals surface area contributed by atoms with Gasteiger partial charge in [0, 0.05) is 0 Å². The molecule has 0 spiro atoms. The molecule has 128 valence electrons. The molecule has 0 aliphatic carbocycles. The van der Waals surface area contributed by atoms with Crippen LogP contribution in [0.5, 0.6) is 0 Å². The first-order valence-electron chi connectivity index (χ1n) is 9.15. The number of hydrogen-bond acceptors (Lipinski definition) is 0. The van der Waals surface area contributed by atoms with Crippen molar-refractivity contribution in [1.82, 2.24) is 4.57 Å². The second-order valence-electron chi connectivity index (χ2n) is 6.52. The van der Waals surface area contributed by atoms with E-state index in [1.165, 1.54) is 16.6 Å². The highest BCUT2D eigenvalue weighted by Gasteiger charge is 2.28. The van der Waals surface area contributed by atoms with Gasteiger partial charge in [-0.3, -0.25) is 0 Å². The van der Waals surface area contributed by atoms with Gasteiger partial charge in [0.05, 0.1) is 5.56 Å². The molecular weight excluding hydrogens is 328 g/mol. The molecule has 2 nitrogen and oxygen atoms in total. The number of hydrogen-bond donors (Lipinski definition) is 0. The molecular formula is C25H19N2+. The van der Waals surface area contributed by atoms with Crippen molar-refractivity contribution in [2.45, 2.75) is 0 Å². The van der Waals surface area contributed by atoms with Gasteiger partial charge in [-0.2, -0.15) is 9.13 Å². The van der Waals surface area contributed by atoms with Crippen molar-refractivity contribution in [3.63, 3.8) is 0 Å². The summed E-state index contributed by atoms with van der Waals surface area (Å²) in [5.74, 6) is 1.15. The number of para-hydroxylation sites is 4. The van der Waals surface area contributed by atoms with Crippen LogP contribution in [0, 0.1) is 0 Å². The minimum atomic E-state index is 1.15. The third-order valence-electron chi connectivity index (χ3n) is 4.85. The topological polar surface area (TPSA) is 8.81 Å². The Labute approximate surface area is 158 Å². The van der Waals surface area contributed by atoms with E-state index < -0.39 is 0 Å². The first kappa shape index (κ1) is 15.6. The van der Waals surface area contributed by atoms with E-state index in [2.05, 4.69) is 124 Å². The summed E-state index contributed by atoms with van der Waals surface area (Å²) in [5, 5.41) is 0. The monoisotopic (exact) mass is 347 g/mol. The highest BCUT2D eigenvalue weighted by Crippen LogP contribution is 2.28. The van der Waals surface area contributed by atoms with E-state index in [0.29, 0.717) is 0 Å². The Balaban J connectivity index is 1.97. The summed E-state index contributed by atoms with van der Waals surface area (Å²) in [6.45, 7) is 0. The van der Waals surface area contributed by atoms with Crippen LogP contribution in [0.4, 0.5) is 0 Å². The van der Waals surface area contributed by atoms with Crippen LogP contribution in [0.15, 0.2) is 115 Å². The average molecular weight is 347 g/mol. The van der Waals surface area contributed by atoms with E-state index in [9.17, 15) is 0 Å². The van der Waals surface area contributed by atoms with Crippen LogP contribution >= 0.6 is 0 Å². The molecule has 5 rings (SSSR count). The van der Waals surface area contributed by atoms with Crippen molar-refractivity contribution in [3.05, 3.63) is 115 Å². The molecule has 0 atom stereocenters. The molecule has 0 N–H and O–H groups in total. The molecule has 0 saturated heterocycles. The van der Waals surface area contributed by atoms with Crippen molar-refractivity contribution in [3.8, 4) is 22.8 Å². The van der Waals surface area contributed by atoms with E-state index >= 15 is 0 Å². The van der Waals surface area contributed by atoms with Gasteiger partial charge in [0.25, 0.3) is 5.82 Å². The second kappa shape index (κ2) is 6.58. The Morgan fingerprint density at radius 3 is 1.78 bits per heavy atom. The second-order valence-corrected chi connectivity index (χ2v) is 6.52. The maximum atomic E-state index is 2.34. The third-order valence-corrected chi connectivity index (χ3v) is 4.85. The van der Waals surface area contributed by atoms with E-state index in [1.807, 2.05) is 0 Å². The van der Waals surface area contributed by atoms with Crippen LogP contribution in [0.3, 0.4) is 0 Å².